The second kappa shape index (κ2) is 6.03. The molecule has 0 aromatic heterocycles. The summed E-state index contributed by atoms with van der Waals surface area (Å²) in [6.45, 7) is 12.1. The average molecular weight is 196 g/mol. The van der Waals surface area contributed by atoms with Crippen molar-refractivity contribution < 1.29 is 0 Å². The van der Waals surface area contributed by atoms with Gasteiger partial charge in [0.05, 0.1) is 12.5 Å². The van der Waals surface area contributed by atoms with Gasteiger partial charge in [0.2, 0.25) is 0 Å². The Morgan fingerprint density at radius 2 is 1.86 bits per heavy atom. The predicted molar refractivity (Wildman–Crippen MR) is 61.1 cm³/mol. The molecule has 1 atom stereocenters. The van der Waals surface area contributed by atoms with Gasteiger partial charge in [0.1, 0.15) is 0 Å². The van der Waals surface area contributed by atoms with Gasteiger partial charge in [0.25, 0.3) is 0 Å². The number of hydrogen-bond donors (Lipinski definition) is 0. The molecule has 0 heterocycles. The molecule has 0 aromatic carbocycles. The predicted octanol–water partition coefficient (Wildman–Crippen LogP) is 3.19. The Labute approximate surface area is 88.9 Å². The van der Waals surface area contributed by atoms with Crippen molar-refractivity contribution in [2.75, 3.05) is 6.54 Å². The second-order valence-corrected chi connectivity index (χ2v) is 4.79. The van der Waals surface area contributed by atoms with Crippen LogP contribution < -0.4 is 0 Å². The van der Waals surface area contributed by atoms with E-state index in [1.54, 1.807) is 0 Å². The number of nitriles is 1. The smallest absolute Gasteiger partial charge is 0.0638 e. The highest BCUT2D eigenvalue weighted by atomic mass is 15.2. The van der Waals surface area contributed by atoms with E-state index >= 15 is 0 Å². The Morgan fingerprint density at radius 3 is 2.14 bits per heavy atom. The SMILES string of the molecule is CCCN(C(CC)CC#N)C(C)(C)C. The zero-order chi connectivity index (χ0) is 11.2. The molecule has 0 aliphatic heterocycles. The van der Waals surface area contributed by atoms with Crippen molar-refractivity contribution in [2.24, 2.45) is 0 Å². The Balaban J connectivity index is 4.53. The monoisotopic (exact) mass is 196 g/mol. The zero-order valence-electron chi connectivity index (χ0n) is 10.3. The Morgan fingerprint density at radius 1 is 1.29 bits per heavy atom. The maximum Gasteiger partial charge on any atom is 0.0638 e. The summed E-state index contributed by atoms with van der Waals surface area (Å²) in [5, 5.41) is 8.77. The molecule has 0 aliphatic rings. The summed E-state index contributed by atoms with van der Waals surface area (Å²) in [4.78, 5) is 2.45. The Hall–Kier alpha value is -0.550. The quantitative estimate of drug-likeness (QED) is 0.675. The first-order valence-electron chi connectivity index (χ1n) is 5.61. The van der Waals surface area contributed by atoms with Gasteiger partial charge in [-0.25, -0.2) is 0 Å². The standard InChI is InChI=1S/C12H24N2/c1-6-10-14(12(3,4)5)11(7-2)8-9-13/h11H,6-8,10H2,1-5H3. The number of hydrogen-bond acceptors (Lipinski definition) is 2. The van der Waals surface area contributed by atoms with Gasteiger partial charge in [0.15, 0.2) is 0 Å². The highest BCUT2D eigenvalue weighted by Gasteiger charge is 2.26. The minimum atomic E-state index is 0.174. The van der Waals surface area contributed by atoms with Crippen LogP contribution in [0.2, 0.25) is 0 Å². The topological polar surface area (TPSA) is 27.0 Å². The molecule has 82 valence electrons. The molecule has 0 N–H and O–H groups in total. The van der Waals surface area contributed by atoms with Gasteiger partial charge in [-0.05, 0) is 40.2 Å². The van der Waals surface area contributed by atoms with Crippen LogP contribution in [0.4, 0.5) is 0 Å². The molecule has 2 heteroatoms. The van der Waals surface area contributed by atoms with Crippen LogP contribution in [-0.4, -0.2) is 23.0 Å². The molecule has 0 saturated carbocycles. The summed E-state index contributed by atoms with van der Waals surface area (Å²) in [5.74, 6) is 0. The van der Waals surface area contributed by atoms with Gasteiger partial charge in [-0.3, -0.25) is 4.90 Å². The Kier molecular flexibility index (Phi) is 5.79. The highest BCUT2D eigenvalue weighted by Crippen LogP contribution is 2.21. The van der Waals surface area contributed by atoms with Crippen LogP contribution in [0, 0.1) is 11.3 Å². The molecule has 14 heavy (non-hydrogen) atoms. The summed E-state index contributed by atoms with van der Waals surface area (Å²) in [5.41, 5.74) is 0.174. The van der Waals surface area contributed by atoms with E-state index in [0.717, 1.165) is 19.4 Å². The molecule has 1 unspecified atom stereocenters. The molecular weight excluding hydrogens is 172 g/mol. The van der Waals surface area contributed by atoms with Crippen molar-refractivity contribution >= 4 is 0 Å². The van der Waals surface area contributed by atoms with E-state index in [-0.39, 0.29) is 5.54 Å². The van der Waals surface area contributed by atoms with Gasteiger partial charge >= 0.3 is 0 Å². The lowest BCUT2D eigenvalue weighted by Gasteiger charge is -2.40. The third kappa shape index (κ3) is 4.11. The summed E-state index contributed by atoms with van der Waals surface area (Å²) in [6, 6.07) is 2.70. The van der Waals surface area contributed by atoms with Crippen molar-refractivity contribution in [3.63, 3.8) is 0 Å². The largest absolute Gasteiger partial charge is 0.295 e. The zero-order valence-corrected chi connectivity index (χ0v) is 10.3. The van der Waals surface area contributed by atoms with Crippen molar-refractivity contribution in [1.82, 2.24) is 4.90 Å². The second-order valence-electron chi connectivity index (χ2n) is 4.79. The lowest BCUT2D eigenvalue weighted by Crippen LogP contribution is -2.48. The molecule has 0 spiro atoms. The van der Waals surface area contributed by atoms with E-state index in [1.165, 1.54) is 0 Å². The van der Waals surface area contributed by atoms with E-state index in [0.29, 0.717) is 12.5 Å². The molecule has 0 rings (SSSR count). The number of nitrogens with zero attached hydrogens (tertiary/aromatic N) is 2. The molecule has 0 aromatic rings. The maximum absolute atomic E-state index is 8.77. The summed E-state index contributed by atoms with van der Waals surface area (Å²) in [6.07, 6.45) is 2.86. The molecule has 0 radical (unpaired) electrons. The van der Waals surface area contributed by atoms with Crippen LogP contribution in [0.25, 0.3) is 0 Å². The van der Waals surface area contributed by atoms with E-state index in [2.05, 4.69) is 45.6 Å². The molecule has 0 bridgehead atoms. The average Bonchev–Trinajstić information content (AvgIpc) is 2.09. The fraction of sp³-hybridized carbons (Fsp3) is 0.917. The molecule has 0 saturated heterocycles. The van der Waals surface area contributed by atoms with Gasteiger partial charge in [0, 0.05) is 11.6 Å². The van der Waals surface area contributed by atoms with Crippen molar-refractivity contribution in [3.8, 4) is 6.07 Å². The number of rotatable bonds is 5. The van der Waals surface area contributed by atoms with Crippen LogP contribution in [0.3, 0.4) is 0 Å². The fourth-order valence-corrected chi connectivity index (χ4v) is 1.89. The molecule has 2 nitrogen and oxygen atoms in total. The lowest BCUT2D eigenvalue weighted by atomic mass is 9.99. The molecule has 0 aliphatic carbocycles. The van der Waals surface area contributed by atoms with E-state index in [9.17, 15) is 0 Å². The lowest BCUT2D eigenvalue weighted by molar-refractivity contribution is 0.0810. The van der Waals surface area contributed by atoms with Crippen molar-refractivity contribution in [2.45, 2.75) is 65.5 Å². The minimum Gasteiger partial charge on any atom is -0.295 e. The van der Waals surface area contributed by atoms with Gasteiger partial charge in [-0.15, -0.1) is 0 Å². The van der Waals surface area contributed by atoms with E-state index < -0.39 is 0 Å². The van der Waals surface area contributed by atoms with Crippen molar-refractivity contribution in [3.05, 3.63) is 0 Å². The third-order valence-corrected chi connectivity index (χ3v) is 2.57. The van der Waals surface area contributed by atoms with Gasteiger partial charge in [-0.1, -0.05) is 13.8 Å². The van der Waals surface area contributed by atoms with E-state index in [4.69, 9.17) is 5.26 Å². The normalized spacial score (nSPS) is 14.1. The molecule has 0 amide bonds. The summed E-state index contributed by atoms with van der Waals surface area (Å²) in [7, 11) is 0. The first-order chi connectivity index (χ1) is 6.47. The minimum absolute atomic E-state index is 0.174. The fourth-order valence-electron chi connectivity index (χ4n) is 1.89. The third-order valence-electron chi connectivity index (χ3n) is 2.57. The first kappa shape index (κ1) is 13.4. The molecular formula is C12H24N2. The van der Waals surface area contributed by atoms with Crippen LogP contribution in [0.5, 0.6) is 0 Å². The van der Waals surface area contributed by atoms with E-state index in [1.807, 2.05) is 0 Å². The van der Waals surface area contributed by atoms with Gasteiger partial charge in [-0.2, -0.15) is 5.26 Å². The summed E-state index contributed by atoms with van der Waals surface area (Å²) < 4.78 is 0. The first-order valence-corrected chi connectivity index (χ1v) is 5.61. The van der Waals surface area contributed by atoms with Crippen molar-refractivity contribution in [1.29, 1.82) is 5.26 Å². The molecule has 0 fully saturated rings. The highest BCUT2D eigenvalue weighted by molar-refractivity contribution is 4.87. The van der Waals surface area contributed by atoms with Crippen LogP contribution >= 0.6 is 0 Å². The maximum atomic E-state index is 8.77. The Bertz CT molecular complexity index is 185. The van der Waals surface area contributed by atoms with Crippen LogP contribution in [0.1, 0.15) is 53.9 Å². The van der Waals surface area contributed by atoms with Crippen LogP contribution in [-0.2, 0) is 0 Å². The van der Waals surface area contributed by atoms with Crippen LogP contribution in [0.15, 0.2) is 0 Å². The summed E-state index contributed by atoms with van der Waals surface area (Å²) >= 11 is 0. The van der Waals surface area contributed by atoms with Gasteiger partial charge < -0.3 is 0 Å².